The van der Waals surface area contributed by atoms with Crippen molar-refractivity contribution in [2.24, 2.45) is 0 Å². The molecule has 0 fully saturated rings. The minimum Gasteiger partial charge on any atom is -0.481 e. The molecule has 0 radical (unpaired) electrons. The van der Waals surface area contributed by atoms with Gasteiger partial charge in [-0.1, -0.05) is 47.9 Å². The van der Waals surface area contributed by atoms with Crippen LogP contribution in [0, 0.1) is 0 Å². The minimum absolute atomic E-state index is 0.327. The quantitative estimate of drug-likeness (QED) is 0.547. The third-order valence-electron chi connectivity index (χ3n) is 1.85. The third kappa shape index (κ3) is 11.9. The number of carboxylic acid groups (broad SMARTS) is 1. The van der Waals surface area contributed by atoms with E-state index in [9.17, 15) is 4.79 Å². The predicted octanol–water partition coefficient (Wildman–Crippen LogP) is 3.75. The van der Waals surface area contributed by atoms with Crippen molar-refractivity contribution in [2.75, 3.05) is 0 Å². The molecule has 0 aromatic carbocycles. The molecule has 3 heteroatoms. The van der Waals surface area contributed by atoms with Gasteiger partial charge >= 0.3 is 5.97 Å². The van der Waals surface area contributed by atoms with E-state index in [1.165, 1.54) is 19.3 Å². The van der Waals surface area contributed by atoms with Crippen LogP contribution in [-0.2, 0) is 4.79 Å². The summed E-state index contributed by atoms with van der Waals surface area (Å²) in [7, 11) is 0. The second kappa shape index (κ2) is 10.0. The number of allylic oxidation sites excluding steroid dienone is 1. The highest BCUT2D eigenvalue weighted by Crippen LogP contribution is 2.07. The highest BCUT2D eigenvalue weighted by molar-refractivity contribution is 14.1. The maximum atomic E-state index is 10.2. The molecule has 2 nitrogen and oxygen atoms in total. The number of carbonyl (C=O) groups is 1. The SMILES string of the molecule is O=C(O)CCCCCCCC=CI. The van der Waals surface area contributed by atoms with Crippen LogP contribution in [0.15, 0.2) is 10.2 Å². The molecule has 76 valence electrons. The molecule has 0 saturated heterocycles. The molecule has 0 aliphatic carbocycles. The van der Waals surface area contributed by atoms with Crippen LogP contribution in [0.4, 0.5) is 0 Å². The van der Waals surface area contributed by atoms with Gasteiger partial charge in [0, 0.05) is 6.42 Å². The average molecular weight is 296 g/mol. The lowest BCUT2D eigenvalue weighted by atomic mass is 10.1. The molecule has 0 bridgehead atoms. The molecule has 0 aromatic rings. The highest BCUT2D eigenvalue weighted by atomic mass is 127. The first-order chi connectivity index (χ1) is 6.27. The Morgan fingerprint density at radius 3 is 2.38 bits per heavy atom. The van der Waals surface area contributed by atoms with Crippen LogP contribution in [-0.4, -0.2) is 11.1 Å². The zero-order valence-electron chi connectivity index (χ0n) is 7.84. The van der Waals surface area contributed by atoms with Crippen molar-refractivity contribution in [2.45, 2.75) is 44.9 Å². The average Bonchev–Trinajstić information content (AvgIpc) is 2.09. The molecule has 0 heterocycles. The van der Waals surface area contributed by atoms with Crippen molar-refractivity contribution in [3.63, 3.8) is 0 Å². The van der Waals surface area contributed by atoms with Crippen LogP contribution in [0.5, 0.6) is 0 Å². The second-order valence-corrected chi connectivity index (χ2v) is 3.78. The Kier molecular flexibility index (Phi) is 9.98. The van der Waals surface area contributed by atoms with Gasteiger partial charge in [0.2, 0.25) is 0 Å². The second-order valence-electron chi connectivity index (χ2n) is 3.06. The van der Waals surface area contributed by atoms with Gasteiger partial charge in [-0.05, 0) is 23.3 Å². The minimum atomic E-state index is -0.673. The van der Waals surface area contributed by atoms with Crippen molar-refractivity contribution in [1.82, 2.24) is 0 Å². The van der Waals surface area contributed by atoms with E-state index < -0.39 is 5.97 Å². The van der Waals surface area contributed by atoms with Crippen LogP contribution in [0.1, 0.15) is 44.9 Å². The van der Waals surface area contributed by atoms with E-state index in [0.717, 1.165) is 19.3 Å². The summed E-state index contributed by atoms with van der Waals surface area (Å²) in [6.07, 6.45) is 9.15. The Labute approximate surface area is 93.6 Å². The maximum absolute atomic E-state index is 10.2. The number of halogens is 1. The van der Waals surface area contributed by atoms with Gasteiger partial charge in [0.1, 0.15) is 0 Å². The first-order valence-corrected chi connectivity index (χ1v) is 5.99. The number of carboxylic acids is 1. The fourth-order valence-electron chi connectivity index (χ4n) is 1.13. The van der Waals surface area contributed by atoms with Crippen LogP contribution < -0.4 is 0 Å². The molecular weight excluding hydrogens is 279 g/mol. The van der Waals surface area contributed by atoms with Crippen molar-refractivity contribution in [3.8, 4) is 0 Å². The Morgan fingerprint density at radius 1 is 1.15 bits per heavy atom. The number of aliphatic carboxylic acids is 1. The summed E-state index contributed by atoms with van der Waals surface area (Å²) < 4.78 is 2.04. The van der Waals surface area contributed by atoms with Crippen LogP contribution in [0.2, 0.25) is 0 Å². The Balaban J connectivity index is 2.95. The molecule has 0 spiro atoms. The van der Waals surface area contributed by atoms with Gasteiger partial charge in [0.15, 0.2) is 0 Å². The molecule has 0 unspecified atom stereocenters. The summed E-state index contributed by atoms with van der Waals surface area (Å²) in [4.78, 5) is 10.2. The number of hydrogen-bond donors (Lipinski definition) is 1. The molecule has 0 atom stereocenters. The van der Waals surface area contributed by atoms with Gasteiger partial charge in [-0.25, -0.2) is 0 Å². The van der Waals surface area contributed by atoms with Crippen LogP contribution in [0.25, 0.3) is 0 Å². The standard InChI is InChI=1S/C10H17IO2/c11-9-7-5-3-1-2-4-6-8-10(12)13/h7,9H,1-6,8H2,(H,12,13). The molecule has 0 aliphatic heterocycles. The molecule has 0 rings (SSSR count). The smallest absolute Gasteiger partial charge is 0.303 e. The summed E-state index contributed by atoms with van der Waals surface area (Å²) in [6, 6.07) is 0. The lowest BCUT2D eigenvalue weighted by Crippen LogP contribution is -1.93. The highest BCUT2D eigenvalue weighted by Gasteiger charge is 1.95. The first-order valence-electron chi connectivity index (χ1n) is 4.74. The molecule has 0 aliphatic rings. The van der Waals surface area contributed by atoms with E-state index >= 15 is 0 Å². The van der Waals surface area contributed by atoms with Gasteiger partial charge in [-0.2, -0.15) is 0 Å². The van der Waals surface area contributed by atoms with Crippen molar-refractivity contribution >= 4 is 28.6 Å². The van der Waals surface area contributed by atoms with Gasteiger partial charge in [0.25, 0.3) is 0 Å². The summed E-state index contributed by atoms with van der Waals surface area (Å²) in [6.45, 7) is 0. The third-order valence-corrected chi connectivity index (χ3v) is 2.36. The molecular formula is C10H17IO2. The predicted molar refractivity (Wildman–Crippen MR) is 63.1 cm³/mol. The Hall–Kier alpha value is -0.0600. The van der Waals surface area contributed by atoms with E-state index in [0.29, 0.717) is 6.42 Å². The largest absolute Gasteiger partial charge is 0.481 e. The van der Waals surface area contributed by atoms with Crippen molar-refractivity contribution < 1.29 is 9.90 Å². The van der Waals surface area contributed by atoms with E-state index in [2.05, 4.69) is 28.7 Å². The number of hydrogen-bond acceptors (Lipinski definition) is 1. The van der Waals surface area contributed by atoms with Gasteiger partial charge in [0.05, 0.1) is 0 Å². The summed E-state index contributed by atoms with van der Waals surface area (Å²) in [5, 5.41) is 8.38. The van der Waals surface area contributed by atoms with Crippen molar-refractivity contribution in [3.05, 3.63) is 10.2 Å². The van der Waals surface area contributed by atoms with E-state index in [-0.39, 0.29) is 0 Å². The van der Waals surface area contributed by atoms with E-state index in [1.54, 1.807) is 0 Å². The van der Waals surface area contributed by atoms with Crippen LogP contribution in [0.3, 0.4) is 0 Å². The van der Waals surface area contributed by atoms with Gasteiger partial charge in [-0.3, -0.25) is 4.79 Å². The zero-order chi connectivity index (χ0) is 9.94. The molecule has 0 aromatic heterocycles. The molecule has 1 N–H and O–H groups in total. The fourth-order valence-corrected chi connectivity index (χ4v) is 1.49. The van der Waals surface area contributed by atoms with Gasteiger partial charge in [-0.15, -0.1) is 0 Å². The number of rotatable bonds is 8. The number of unbranched alkanes of at least 4 members (excludes halogenated alkanes) is 5. The van der Waals surface area contributed by atoms with Gasteiger partial charge < -0.3 is 5.11 Å². The molecule has 13 heavy (non-hydrogen) atoms. The summed E-state index contributed by atoms with van der Waals surface area (Å²) in [5.74, 6) is -0.673. The molecule has 0 amide bonds. The normalized spacial score (nSPS) is 10.8. The van der Waals surface area contributed by atoms with Crippen LogP contribution >= 0.6 is 22.6 Å². The molecule has 0 saturated carbocycles. The fraction of sp³-hybridized carbons (Fsp3) is 0.700. The van der Waals surface area contributed by atoms with Crippen molar-refractivity contribution in [1.29, 1.82) is 0 Å². The van der Waals surface area contributed by atoms with E-state index in [1.807, 2.05) is 4.08 Å². The maximum Gasteiger partial charge on any atom is 0.303 e. The topological polar surface area (TPSA) is 37.3 Å². The monoisotopic (exact) mass is 296 g/mol. The first kappa shape index (κ1) is 12.9. The summed E-state index contributed by atoms with van der Waals surface area (Å²) >= 11 is 2.22. The Morgan fingerprint density at radius 2 is 1.77 bits per heavy atom. The Bertz CT molecular complexity index is 155. The van der Waals surface area contributed by atoms with E-state index in [4.69, 9.17) is 5.11 Å². The zero-order valence-corrected chi connectivity index (χ0v) is 10.00. The lowest BCUT2D eigenvalue weighted by Gasteiger charge is -1.97. The summed E-state index contributed by atoms with van der Waals surface area (Å²) in [5.41, 5.74) is 0. The lowest BCUT2D eigenvalue weighted by molar-refractivity contribution is -0.137.